The molecule has 1 aromatic heterocycles. The fourth-order valence-corrected chi connectivity index (χ4v) is 2.44. The van der Waals surface area contributed by atoms with E-state index in [0.29, 0.717) is 24.1 Å². The number of methoxy groups -OCH3 is 1. The molecule has 1 aromatic carbocycles. The maximum absolute atomic E-state index is 12.2. The fraction of sp³-hybridized carbons (Fsp3) is 0.267. The second-order valence-corrected chi connectivity index (χ2v) is 5.02. The van der Waals surface area contributed by atoms with E-state index in [-0.39, 0.29) is 24.1 Å². The number of hydrogen-bond acceptors (Lipinski definition) is 6. The Morgan fingerprint density at radius 2 is 1.78 bits per heavy atom. The van der Waals surface area contributed by atoms with Crippen molar-refractivity contribution in [3.63, 3.8) is 0 Å². The van der Waals surface area contributed by atoms with Crippen molar-refractivity contribution in [3.8, 4) is 0 Å². The number of aromatic nitrogens is 3. The normalized spacial score (nSPS) is 13.3. The Labute approximate surface area is 131 Å². The lowest BCUT2D eigenvalue weighted by Gasteiger charge is -2.13. The lowest BCUT2D eigenvalue weighted by Crippen LogP contribution is -2.31. The third-order valence-corrected chi connectivity index (χ3v) is 3.58. The SMILES string of the molecule is COC(=O)c1cn(CCCN2C(=O)c3ccccc3C2=O)nn1. The van der Waals surface area contributed by atoms with Crippen LogP contribution in [0.15, 0.2) is 30.5 Å². The first-order chi connectivity index (χ1) is 11.1. The van der Waals surface area contributed by atoms with E-state index in [1.807, 2.05) is 0 Å². The summed E-state index contributed by atoms with van der Waals surface area (Å²) in [6.07, 6.45) is 1.98. The van der Waals surface area contributed by atoms with Gasteiger partial charge >= 0.3 is 5.97 Å². The maximum Gasteiger partial charge on any atom is 0.360 e. The average Bonchev–Trinajstić information content (AvgIpc) is 3.14. The number of amides is 2. The molecule has 8 heteroatoms. The van der Waals surface area contributed by atoms with Gasteiger partial charge in [-0.15, -0.1) is 5.10 Å². The Bertz CT molecular complexity index is 748. The molecule has 3 rings (SSSR count). The van der Waals surface area contributed by atoms with Crippen molar-refractivity contribution < 1.29 is 19.1 Å². The molecule has 0 bridgehead atoms. The van der Waals surface area contributed by atoms with Crippen LogP contribution < -0.4 is 0 Å². The largest absolute Gasteiger partial charge is 0.464 e. The van der Waals surface area contributed by atoms with Crippen LogP contribution in [0.5, 0.6) is 0 Å². The molecular formula is C15H14N4O4. The van der Waals surface area contributed by atoms with E-state index in [1.165, 1.54) is 22.9 Å². The zero-order chi connectivity index (χ0) is 16.4. The highest BCUT2D eigenvalue weighted by Crippen LogP contribution is 2.22. The summed E-state index contributed by atoms with van der Waals surface area (Å²) in [6, 6.07) is 6.76. The lowest BCUT2D eigenvalue weighted by atomic mass is 10.1. The topological polar surface area (TPSA) is 94.4 Å². The molecule has 0 spiro atoms. The van der Waals surface area contributed by atoms with E-state index in [4.69, 9.17) is 0 Å². The van der Waals surface area contributed by atoms with Crippen molar-refractivity contribution >= 4 is 17.8 Å². The predicted octanol–water partition coefficient (Wildman–Crippen LogP) is 0.751. The number of carbonyl (C=O) groups excluding carboxylic acids is 3. The zero-order valence-corrected chi connectivity index (χ0v) is 12.4. The molecule has 118 valence electrons. The maximum atomic E-state index is 12.2. The molecule has 0 aliphatic carbocycles. The van der Waals surface area contributed by atoms with Crippen LogP contribution in [-0.2, 0) is 11.3 Å². The number of aryl methyl sites for hydroxylation is 1. The van der Waals surface area contributed by atoms with E-state index in [2.05, 4.69) is 15.0 Å². The van der Waals surface area contributed by atoms with Crippen molar-refractivity contribution in [1.82, 2.24) is 19.9 Å². The summed E-state index contributed by atoms with van der Waals surface area (Å²) >= 11 is 0. The van der Waals surface area contributed by atoms with Gasteiger partial charge in [0.1, 0.15) is 0 Å². The molecule has 0 saturated heterocycles. The molecular weight excluding hydrogens is 300 g/mol. The first kappa shape index (κ1) is 14.9. The molecule has 1 aliphatic rings. The molecule has 0 atom stereocenters. The number of ether oxygens (including phenoxy) is 1. The Kier molecular flexibility index (Phi) is 3.88. The third kappa shape index (κ3) is 2.70. The highest BCUT2D eigenvalue weighted by Gasteiger charge is 2.34. The fourth-order valence-electron chi connectivity index (χ4n) is 2.44. The average molecular weight is 314 g/mol. The Morgan fingerprint density at radius 1 is 1.13 bits per heavy atom. The van der Waals surface area contributed by atoms with Crippen molar-refractivity contribution in [3.05, 3.63) is 47.3 Å². The van der Waals surface area contributed by atoms with E-state index in [0.717, 1.165) is 0 Å². The van der Waals surface area contributed by atoms with Gasteiger partial charge in [-0.2, -0.15) is 0 Å². The summed E-state index contributed by atoms with van der Waals surface area (Å²) in [6.45, 7) is 0.706. The van der Waals surface area contributed by atoms with Gasteiger partial charge in [-0.3, -0.25) is 19.2 Å². The van der Waals surface area contributed by atoms with Gasteiger partial charge in [0.05, 0.1) is 24.4 Å². The van der Waals surface area contributed by atoms with E-state index >= 15 is 0 Å². The van der Waals surface area contributed by atoms with Crippen LogP contribution in [-0.4, -0.2) is 51.3 Å². The Balaban J connectivity index is 1.60. The molecule has 2 heterocycles. The van der Waals surface area contributed by atoms with E-state index < -0.39 is 5.97 Å². The third-order valence-electron chi connectivity index (χ3n) is 3.58. The summed E-state index contributed by atoms with van der Waals surface area (Å²) in [5, 5.41) is 7.49. The number of hydrogen-bond donors (Lipinski definition) is 0. The molecule has 8 nitrogen and oxygen atoms in total. The summed E-state index contributed by atoms with van der Waals surface area (Å²) in [7, 11) is 1.27. The number of esters is 1. The van der Waals surface area contributed by atoms with Gasteiger partial charge < -0.3 is 4.74 Å². The van der Waals surface area contributed by atoms with E-state index in [1.54, 1.807) is 24.3 Å². The predicted molar refractivity (Wildman–Crippen MR) is 77.8 cm³/mol. The summed E-state index contributed by atoms with van der Waals surface area (Å²) < 4.78 is 6.02. The van der Waals surface area contributed by atoms with Crippen LogP contribution >= 0.6 is 0 Å². The Morgan fingerprint density at radius 3 is 2.39 bits per heavy atom. The highest BCUT2D eigenvalue weighted by atomic mass is 16.5. The van der Waals surface area contributed by atoms with Gasteiger partial charge in [0.2, 0.25) is 0 Å². The summed E-state index contributed by atoms with van der Waals surface area (Å²) in [4.78, 5) is 36.9. The number of benzene rings is 1. The first-order valence-corrected chi connectivity index (χ1v) is 7.05. The van der Waals surface area contributed by atoms with Gasteiger partial charge in [0.15, 0.2) is 5.69 Å². The van der Waals surface area contributed by atoms with E-state index in [9.17, 15) is 14.4 Å². The second-order valence-electron chi connectivity index (χ2n) is 5.02. The van der Waals surface area contributed by atoms with Crippen molar-refractivity contribution in [2.45, 2.75) is 13.0 Å². The quantitative estimate of drug-likeness (QED) is 0.597. The van der Waals surface area contributed by atoms with Gasteiger partial charge in [-0.25, -0.2) is 4.79 Å². The van der Waals surface area contributed by atoms with Crippen LogP contribution in [0.2, 0.25) is 0 Å². The number of nitrogens with zero attached hydrogens (tertiary/aromatic N) is 4. The van der Waals surface area contributed by atoms with Gasteiger partial charge in [-0.05, 0) is 18.6 Å². The molecule has 0 N–H and O–H groups in total. The van der Waals surface area contributed by atoms with Crippen LogP contribution in [0.1, 0.15) is 37.6 Å². The summed E-state index contributed by atoms with van der Waals surface area (Å²) in [5.74, 6) is -1.12. The number of fused-ring (bicyclic) bond motifs is 1. The van der Waals surface area contributed by atoms with Gasteiger partial charge in [-0.1, -0.05) is 17.3 Å². The van der Waals surface area contributed by atoms with Gasteiger partial charge in [0.25, 0.3) is 11.8 Å². The Hall–Kier alpha value is -3.03. The second kappa shape index (κ2) is 5.99. The highest BCUT2D eigenvalue weighted by molar-refractivity contribution is 6.21. The van der Waals surface area contributed by atoms with Crippen LogP contribution in [0.4, 0.5) is 0 Å². The smallest absolute Gasteiger partial charge is 0.360 e. The standard InChI is InChI=1S/C15H14N4O4/c1-23-15(22)12-9-18(17-16-12)7-4-8-19-13(20)10-5-2-3-6-11(10)14(19)21/h2-3,5-6,9H,4,7-8H2,1H3. The number of carbonyl (C=O) groups is 3. The minimum Gasteiger partial charge on any atom is -0.464 e. The number of rotatable bonds is 5. The molecule has 1 aliphatic heterocycles. The van der Waals surface area contributed by atoms with Crippen molar-refractivity contribution in [1.29, 1.82) is 0 Å². The molecule has 2 aromatic rings. The number of imide groups is 1. The van der Waals surface area contributed by atoms with Crippen LogP contribution in [0.25, 0.3) is 0 Å². The molecule has 0 saturated carbocycles. The summed E-state index contributed by atoms with van der Waals surface area (Å²) in [5.41, 5.74) is 0.991. The van der Waals surface area contributed by atoms with Crippen LogP contribution in [0, 0.1) is 0 Å². The van der Waals surface area contributed by atoms with Crippen molar-refractivity contribution in [2.75, 3.05) is 13.7 Å². The molecule has 0 fully saturated rings. The molecule has 23 heavy (non-hydrogen) atoms. The molecule has 0 unspecified atom stereocenters. The van der Waals surface area contributed by atoms with Crippen molar-refractivity contribution in [2.24, 2.45) is 0 Å². The zero-order valence-electron chi connectivity index (χ0n) is 12.4. The molecule has 2 amide bonds. The van der Waals surface area contributed by atoms with Crippen LogP contribution in [0.3, 0.4) is 0 Å². The molecule has 0 radical (unpaired) electrons. The minimum atomic E-state index is -0.559. The lowest BCUT2D eigenvalue weighted by molar-refractivity contribution is 0.0592. The monoisotopic (exact) mass is 314 g/mol. The first-order valence-electron chi connectivity index (χ1n) is 7.05. The minimum absolute atomic E-state index is 0.119. The van der Waals surface area contributed by atoms with Gasteiger partial charge in [0, 0.05) is 13.1 Å².